The molecule has 0 fully saturated rings. The lowest BCUT2D eigenvalue weighted by Crippen LogP contribution is -2.28. The van der Waals surface area contributed by atoms with Crippen LogP contribution in [-0.4, -0.2) is 26.8 Å². The zero-order valence-electron chi connectivity index (χ0n) is 15.0. The van der Waals surface area contributed by atoms with E-state index in [4.69, 9.17) is 4.52 Å². The van der Waals surface area contributed by atoms with Crippen LogP contribution in [0.4, 0.5) is 4.39 Å². The van der Waals surface area contributed by atoms with Crippen molar-refractivity contribution in [3.05, 3.63) is 59.8 Å². The topological polar surface area (TPSA) is 80.9 Å². The molecule has 3 rings (SSSR count). The van der Waals surface area contributed by atoms with Gasteiger partial charge in [0, 0.05) is 12.6 Å². The Labute approximate surface area is 160 Å². The highest BCUT2D eigenvalue weighted by Crippen LogP contribution is 2.21. The van der Waals surface area contributed by atoms with Crippen LogP contribution >= 0.6 is 11.8 Å². The minimum absolute atomic E-state index is 0.118. The molecule has 0 aliphatic carbocycles. The molecule has 0 spiro atoms. The number of benzene rings is 1. The second kappa shape index (κ2) is 8.77. The Morgan fingerprint density at radius 2 is 2.04 bits per heavy atom. The summed E-state index contributed by atoms with van der Waals surface area (Å²) in [7, 11) is 0. The standard InChI is InChI=1S/C19H19FN4O2S/c1-3-16-23-19(26-24-16)14-6-9-18(21-10-14)27-11-17(25)22-12(2)13-4-7-15(20)8-5-13/h4-10,12H,3,11H2,1-2H3,(H,22,25)/t12-/m1/s1. The lowest BCUT2D eigenvalue weighted by molar-refractivity contribution is -0.119. The van der Waals surface area contributed by atoms with Crippen molar-refractivity contribution in [2.45, 2.75) is 31.3 Å². The van der Waals surface area contributed by atoms with Crippen molar-refractivity contribution in [3.8, 4) is 11.5 Å². The minimum Gasteiger partial charge on any atom is -0.349 e. The third-order valence-corrected chi connectivity index (χ3v) is 4.81. The van der Waals surface area contributed by atoms with Crippen LogP contribution in [0.1, 0.15) is 31.3 Å². The van der Waals surface area contributed by atoms with Gasteiger partial charge in [0.25, 0.3) is 5.89 Å². The van der Waals surface area contributed by atoms with Gasteiger partial charge in [0.05, 0.1) is 22.4 Å². The van der Waals surface area contributed by atoms with Gasteiger partial charge in [0.15, 0.2) is 5.82 Å². The molecular weight excluding hydrogens is 367 g/mol. The molecule has 0 aliphatic rings. The van der Waals surface area contributed by atoms with Gasteiger partial charge in [-0.1, -0.05) is 36.0 Å². The van der Waals surface area contributed by atoms with E-state index in [9.17, 15) is 9.18 Å². The first-order valence-corrected chi connectivity index (χ1v) is 9.50. The molecule has 140 valence electrons. The summed E-state index contributed by atoms with van der Waals surface area (Å²) in [5, 5.41) is 7.47. The van der Waals surface area contributed by atoms with E-state index in [2.05, 4.69) is 20.4 Å². The predicted octanol–water partition coefficient (Wildman–Crippen LogP) is 3.80. The predicted molar refractivity (Wildman–Crippen MR) is 101 cm³/mol. The second-order valence-electron chi connectivity index (χ2n) is 5.88. The highest BCUT2D eigenvalue weighted by atomic mass is 32.2. The maximum atomic E-state index is 13.0. The van der Waals surface area contributed by atoms with Gasteiger partial charge in [-0.3, -0.25) is 4.79 Å². The molecule has 0 aliphatic heterocycles. The van der Waals surface area contributed by atoms with E-state index in [-0.39, 0.29) is 23.5 Å². The summed E-state index contributed by atoms with van der Waals surface area (Å²) >= 11 is 1.33. The summed E-state index contributed by atoms with van der Waals surface area (Å²) < 4.78 is 18.1. The quantitative estimate of drug-likeness (QED) is 0.622. The van der Waals surface area contributed by atoms with E-state index < -0.39 is 0 Å². The van der Waals surface area contributed by atoms with Gasteiger partial charge in [-0.05, 0) is 36.8 Å². The highest BCUT2D eigenvalue weighted by molar-refractivity contribution is 7.99. The summed E-state index contributed by atoms with van der Waals surface area (Å²) in [4.78, 5) is 20.7. The van der Waals surface area contributed by atoms with Crippen molar-refractivity contribution in [1.29, 1.82) is 0 Å². The molecule has 0 saturated heterocycles. The smallest absolute Gasteiger partial charge is 0.259 e. The van der Waals surface area contributed by atoms with E-state index in [0.717, 1.165) is 16.2 Å². The summed E-state index contributed by atoms with van der Waals surface area (Å²) in [5.74, 6) is 0.900. The molecule has 1 N–H and O–H groups in total. The van der Waals surface area contributed by atoms with Crippen LogP contribution in [0.5, 0.6) is 0 Å². The average Bonchev–Trinajstić information content (AvgIpc) is 3.16. The molecular formula is C19H19FN4O2S. The molecule has 0 bridgehead atoms. The number of nitrogens with zero attached hydrogens (tertiary/aromatic N) is 3. The Hall–Kier alpha value is -2.74. The number of amides is 1. The first-order chi connectivity index (χ1) is 13.0. The monoisotopic (exact) mass is 386 g/mol. The molecule has 2 aromatic heterocycles. The van der Waals surface area contributed by atoms with E-state index >= 15 is 0 Å². The maximum absolute atomic E-state index is 13.0. The molecule has 0 radical (unpaired) electrons. The minimum atomic E-state index is -0.297. The summed E-state index contributed by atoms with van der Waals surface area (Å²) in [6.07, 6.45) is 2.35. The molecule has 0 unspecified atom stereocenters. The maximum Gasteiger partial charge on any atom is 0.259 e. The number of hydrogen-bond donors (Lipinski definition) is 1. The number of halogens is 1. The number of rotatable bonds is 7. The Bertz CT molecular complexity index is 897. The SMILES string of the molecule is CCc1noc(-c2ccc(SCC(=O)N[C@H](C)c3ccc(F)cc3)nc2)n1. The second-order valence-corrected chi connectivity index (χ2v) is 6.88. The van der Waals surface area contributed by atoms with E-state index in [1.165, 1.54) is 23.9 Å². The number of carbonyl (C=O) groups is 1. The van der Waals surface area contributed by atoms with Crippen LogP contribution in [0, 0.1) is 5.82 Å². The van der Waals surface area contributed by atoms with Gasteiger partial charge >= 0.3 is 0 Å². The molecule has 6 nitrogen and oxygen atoms in total. The fraction of sp³-hybridized carbons (Fsp3) is 0.263. The van der Waals surface area contributed by atoms with E-state index in [1.807, 2.05) is 26.0 Å². The zero-order chi connectivity index (χ0) is 19.2. The molecule has 0 saturated carbocycles. The molecule has 8 heteroatoms. The normalized spacial score (nSPS) is 12.0. The van der Waals surface area contributed by atoms with Crippen LogP contribution in [0.3, 0.4) is 0 Å². The van der Waals surface area contributed by atoms with Crippen molar-refractivity contribution >= 4 is 17.7 Å². The van der Waals surface area contributed by atoms with Gasteiger partial charge < -0.3 is 9.84 Å². The number of thioether (sulfide) groups is 1. The number of aromatic nitrogens is 3. The van der Waals surface area contributed by atoms with Gasteiger partial charge in [-0.2, -0.15) is 4.98 Å². The first-order valence-electron chi connectivity index (χ1n) is 8.51. The van der Waals surface area contributed by atoms with E-state index in [0.29, 0.717) is 18.1 Å². The number of aryl methyl sites for hydroxylation is 1. The molecule has 1 amide bonds. The Balaban J connectivity index is 1.51. The number of carbonyl (C=O) groups excluding carboxylic acids is 1. The van der Waals surface area contributed by atoms with E-state index in [1.54, 1.807) is 18.3 Å². The first kappa shape index (κ1) is 19.0. The third kappa shape index (κ3) is 5.13. The summed E-state index contributed by atoms with van der Waals surface area (Å²) in [6.45, 7) is 3.81. The lowest BCUT2D eigenvalue weighted by Gasteiger charge is -2.14. The fourth-order valence-corrected chi connectivity index (χ4v) is 3.02. The molecule has 27 heavy (non-hydrogen) atoms. The average molecular weight is 386 g/mol. The number of nitrogens with one attached hydrogen (secondary N) is 1. The largest absolute Gasteiger partial charge is 0.349 e. The van der Waals surface area contributed by atoms with Crippen molar-refractivity contribution in [1.82, 2.24) is 20.4 Å². The van der Waals surface area contributed by atoms with Crippen molar-refractivity contribution < 1.29 is 13.7 Å². The van der Waals surface area contributed by atoms with Crippen LogP contribution in [0.2, 0.25) is 0 Å². The molecule has 1 atom stereocenters. The van der Waals surface area contributed by atoms with Gasteiger partial charge in [-0.25, -0.2) is 9.37 Å². The van der Waals surface area contributed by atoms with Crippen molar-refractivity contribution in [2.24, 2.45) is 0 Å². The fourth-order valence-electron chi connectivity index (χ4n) is 2.36. The molecule has 2 heterocycles. The third-order valence-electron chi connectivity index (χ3n) is 3.87. The van der Waals surface area contributed by atoms with Crippen molar-refractivity contribution in [2.75, 3.05) is 5.75 Å². The summed E-state index contributed by atoms with van der Waals surface area (Å²) in [5.41, 5.74) is 1.59. The summed E-state index contributed by atoms with van der Waals surface area (Å²) in [6, 6.07) is 9.54. The molecule has 1 aromatic carbocycles. The molecule has 3 aromatic rings. The highest BCUT2D eigenvalue weighted by Gasteiger charge is 2.12. The number of hydrogen-bond acceptors (Lipinski definition) is 6. The van der Waals surface area contributed by atoms with Crippen LogP contribution in [0.15, 0.2) is 52.1 Å². The van der Waals surface area contributed by atoms with Gasteiger partial charge in [-0.15, -0.1) is 0 Å². The lowest BCUT2D eigenvalue weighted by atomic mass is 10.1. The Kier molecular flexibility index (Phi) is 6.18. The van der Waals surface area contributed by atoms with Gasteiger partial charge in [0.2, 0.25) is 5.91 Å². The Morgan fingerprint density at radius 3 is 2.67 bits per heavy atom. The van der Waals surface area contributed by atoms with Crippen LogP contribution in [-0.2, 0) is 11.2 Å². The van der Waals surface area contributed by atoms with Gasteiger partial charge in [0.1, 0.15) is 5.82 Å². The van der Waals surface area contributed by atoms with Crippen LogP contribution in [0.25, 0.3) is 11.5 Å². The Morgan fingerprint density at radius 1 is 1.26 bits per heavy atom. The number of pyridine rings is 1. The zero-order valence-corrected chi connectivity index (χ0v) is 15.8. The van der Waals surface area contributed by atoms with Crippen LogP contribution < -0.4 is 5.32 Å². The van der Waals surface area contributed by atoms with Crippen molar-refractivity contribution in [3.63, 3.8) is 0 Å².